The van der Waals surface area contributed by atoms with Crippen molar-refractivity contribution in [3.05, 3.63) is 59.4 Å². The van der Waals surface area contributed by atoms with Crippen LogP contribution in [0.1, 0.15) is 11.1 Å². The second kappa shape index (κ2) is 5.11. The van der Waals surface area contributed by atoms with Crippen molar-refractivity contribution >= 4 is 0 Å². The summed E-state index contributed by atoms with van der Waals surface area (Å²) in [6.45, 7) is 2.52. The highest BCUT2D eigenvalue weighted by Crippen LogP contribution is 2.23. The number of hydrogen-bond donors (Lipinski definition) is 1. The van der Waals surface area contributed by atoms with E-state index in [2.05, 4.69) is 6.07 Å². The minimum atomic E-state index is -0.174. The van der Waals surface area contributed by atoms with Gasteiger partial charge in [0, 0.05) is 0 Å². The van der Waals surface area contributed by atoms with Gasteiger partial charge in [-0.3, -0.25) is 0 Å². The van der Waals surface area contributed by atoms with Crippen LogP contribution in [-0.4, -0.2) is 6.54 Å². The summed E-state index contributed by atoms with van der Waals surface area (Å²) in [5.41, 5.74) is 9.52. The third-order valence-corrected chi connectivity index (χ3v) is 2.81. The molecule has 0 fully saturated rings. The van der Waals surface area contributed by atoms with Gasteiger partial charge in [0.1, 0.15) is 5.82 Å². The largest absolute Gasteiger partial charge is 0.330 e. The SMILES string of the molecule is Cc1cccc(-c2ccc(F)c(CCN)c2)c1. The van der Waals surface area contributed by atoms with Crippen molar-refractivity contribution in [3.8, 4) is 11.1 Å². The first-order valence-corrected chi connectivity index (χ1v) is 5.76. The van der Waals surface area contributed by atoms with Gasteiger partial charge in [0.25, 0.3) is 0 Å². The first kappa shape index (κ1) is 11.8. The molecule has 0 unspecified atom stereocenters. The molecule has 88 valence electrons. The molecule has 0 heterocycles. The molecular formula is C15H16FN. The first-order chi connectivity index (χ1) is 8.20. The quantitative estimate of drug-likeness (QED) is 0.858. The highest BCUT2D eigenvalue weighted by molar-refractivity contribution is 5.65. The molecule has 0 saturated carbocycles. The van der Waals surface area contributed by atoms with Gasteiger partial charge in [-0.1, -0.05) is 35.9 Å². The van der Waals surface area contributed by atoms with Gasteiger partial charge in [0.2, 0.25) is 0 Å². The average Bonchev–Trinajstić information content (AvgIpc) is 2.32. The van der Waals surface area contributed by atoms with E-state index in [1.165, 1.54) is 11.6 Å². The Bertz CT molecular complexity index is 520. The van der Waals surface area contributed by atoms with Crippen molar-refractivity contribution in [1.29, 1.82) is 0 Å². The number of halogens is 1. The second-order valence-electron chi connectivity index (χ2n) is 4.21. The predicted octanol–water partition coefficient (Wildman–Crippen LogP) is 3.30. The molecule has 0 spiro atoms. The molecular weight excluding hydrogens is 213 g/mol. The summed E-state index contributed by atoms with van der Waals surface area (Å²) in [6, 6.07) is 13.4. The highest BCUT2D eigenvalue weighted by Gasteiger charge is 2.04. The van der Waals surface area contributed by atoms with E-state index in [1.807, 2.05) is 37.3 Å². The average molecular weight is 229 g/mol. The topological polar surface area (TPSA) is 26.0 Å². The number of nitrogens with two attached hydrogens (primary N) is 1. The predicted molar refractivity (Wildman–Crippen MR) is 69.3 cm³/mol. The zero-order valence-corrected chi connectivity index (χ0v) is 9.91. The van der Waals surface area contributed by atoms with Crippen LogP contribution in [0.15, 0.2) is 42.5 Å². The van der Waals surface area contributed by atoms with Crippen LogP contribution in [0, 0.1) is 12.7 Å². The monoisotopic (exact) mass is 229 g/mol. The molecule has 17 heavy (non-hydrogen) atoms. The van der Waals surface area contributed by atoms with Gasteiger partial charge in [-0.05, 0) is 48.7 Å². The van der Waals surface area contributed by atoms with E-state index >= 15 is 0 Å². The lowest BCUT2D eigenvalue weighted by Crippen LogP contribution is -2.04. The van der Waals surface area contributed by atoms with E-state index in [-0.39, 0.29) is 5.82 Å². The highest BCUT2D eigenvalue weighted by atomic mass is 19.1. The first-order valence-electron chi connectivity index (χ1n) is 5.76. The van der Waals surface area contributed by atoms with Crippen LogP contribution in [-0.2, 0) is 6.42 Å². The van der Waals surface area contributed by atoms with Gasteiger partial charge in [0.05, 0.1) is 0 Å². The molecule has 2 aromatic carbocycles. The molecule has 0 aliphatic carbocycles. The number of benzene rings is 2. The number of rotatable bonds is 3. The summed E-state index contributed by atoms with van der Waals surface area (Å²) in [5, 5.41) is 0. The molecule has 0 aliphatic rings. The zero-order chi connectivity index (χ0) is 12.3. The van der Waals surface area contributed by atoms with Gasteiger partial charge < -0.3 is 5.73 Å². The van der Waals surface area contributed by atoms with Crippen LogP contribution >= 0.6 is 0 Å². The molecule has 0 saturated heterocycles. The molecule has 0 amide bonds. The molecule has 1 nitrogen and oxygen atoms in total. The van der Waals surface area contributed by atoms with Crippen molar-refractivity contribution in [1.82, 2.24) is 0 Å². The van der Waals surface area contributed by atoms with Crippen LogP contribution in [0.3, 0.4) is 0 Å². The summed E-state index contributed by atoms with van der Waals surface area (Å²) in [4.78, 5) is 0. The molecule has 0 radical (unpaired) electrons. The van der Waals surface area contributed by atoms with Crippen LogP contribution in [0.2, 0.25) is 0 Å². The molecule has 0 bridgehead atoms. The van der Waals surface area contributed by atoms with E-state index in [9.17, 15) is 4.39 Å². The van der Waals surface area contributed by atoms with Crippen LogP contribution in [0.5, 0.6) is 0 Å². The van der Waals surface area contributed by atoms with E-state index < -0.39 is 0 Å². The summed E-state index contributed by atoms with van der Waals surface area (Å²) >= 11 is 0. The summed E-state index contributed by atoms with van der Waals surface area (Å²) < 4.78 is 13.5. The van der Waals surface area contributed by atoms with Crippen LogP contribution in [0.25, 0.3) is 11.1 Å². The fraction of sp³-hybridized carbons (Fsp3) is 0.200. The Labute approximate surface area is 101 Å². The maximum Gasteiger partial charge on any atom is 0.126 e. The molecule has 0 atom stereocenters. The lowest BCUT2D eigenvalue weighted by Gasteiger charge is -2.07. The normalized spacial score (nSPS) is 10.5. The second-order valence-corrected chi connectivity index (χ2v) is 4.21. The smallest absolute Gasteiger partial charge is 0.126 e. The summed E-state index contributed by atoms with van der Waals surface area (Å²) in [6.07, 6.45) is 0.575. The van der Waals surface area contributed by atoms with Gasteiger partial charge in [0.15, 0.2) is 0 Å². The zero-order valence-electron chi connectivity index (χ0n) is 9.91. The van der Waals surface area contributed by atoms with Crippen molar-refractivity contribution in [3.63, 3.8) is 0 Å². The third kappa shape index (κ3) is 2.71. The Hall–Kier alpha value is -1.67. The van der Waals surface area contributed by atoms with E-state index in [0.29, 0.717) is 18.5 Å². The van der Waals surface area contributed by atoms with Gasteiger partial charge in [-0.2, -0.15) is 0 Å². The molecule has 2 N–H and O–H groups in total. The van der Waals surface area contributed by atoms with Gasteiger partial charge in [-0.25, -0.2) is 4.39 Å². The Morgan fingerprint density at radius 2 is 1.82 bits per heavy atom. The van der Waals surface area contributed by atoms with Crippen LogP contribution in [0.4, 0.5) is 4.39 Å². The van der Waals surface area contributed by atoms with Crippen molar-refractivity contribution < 1.29 is 4.39 Å². The lowest BCUT2D eigenvalue weighted by atomic mass is 10.00. The molecule has 2 heteroatoms. The van der Waals surface area contributed by atoms with E-state index in [0.717, 1.165) is 11.1 Å². The Morgan fingerprint density at radius 1 is 1.06 bits per heavy atom. The standard InChI is InChI=1S/C15H16FN/c1-11-3-2-4-12(9-11)13-5-6-15(16)14(10-13)7-8-17/h2-6,9-10H,7-8,17H2,1H3. The van der Waals surface area contributed by atoms with Gasteiger partial charge >= 0.3 is 0 Å². The van der Waals surface area contributed by atoms with Crippen LogP contribution < -0.4 is 5.73 Å². The summed E-state index contributed by atoms with van der Waals surface area (Å²) in [7, 11) is 0. The minimum Gasteiger partial charge on any atom is -0.330 e. The minimum absolute atomic E-state index is 0.174. The molecule has 0 aromatic heterocycles. The van der Waals surface area contributed by atoms with Crippen molar-refractivity contribution in [2.24, 2.45) is 5.73 Å². The number of hydrogen-bond acceptors (Lipinski definition) is 1. The molecule has 2 aromatic rings. The Morgan fingerprint density at radius 3 is 2.53 bits per heavy atom. The number of aryl methyl sites for hydroxylation is 1. The van der Waals surface area contributed by atoms with Crippen molar-refractivity contribution in [2.75, 3.05) is 6.54 Å². The lowest BCUT2D eigenvalue weighted by molar-refractivity contribution is 0.610. The van der Waals surface area contributed by atoms with E-state index in [1.54, 1.807) is 0 Å². The summed E-state index contributed by atoms with van der Waals surface area (Å²) in [5.74, 6) is -0.174. The maximum absolute atomic E-state index is 13.5. The fourth-order valence-electron chi connectivity index (χ4n) is 1.93. The molecule has 0 aliphatic heterocycles. The fourth-order valence-corrected chi connectivity index (χ4v) is 1.93. The Kier molecular flexibility index (Phi) is 3.55. The maximum atomic E-state index is 13.5. The van der Waals surface area contributed by atoms with E-state index in [4.69, 9.17) is 5.73 Å². The third-order valence-electron chi connectivity index (χ3n) is 2.81. The Balaban J connectivity index is 2.42. The molecule has 2 rings (SSSR count). The van der Waals surface area contributed by atoms with Gasteiger partial charge in [-0.15, -0.1) is 0 Å². The van der Waals surface area contributed by atoms with Crippen molar-refractivity contribution in [2.45, 2.75) is 13.3 Å².